The molecule has 0 aromatic heterocycles. The zero-order valence-corrected chi connectivity index (χ0v) is 13.8. The molecule has 1 aromatic rings. The minimum absolute atomic E-state index is 0.0823. The van der Waals surface area contributed by atoms with E-state index < -0.39 is 18.3 Å². The van der Waals surface area contributed by atoms with E-state index >= 15 is 0 Å². The molecule has 0 radical (unpaired) electrons. The Kier molecular flexibility index (Phi) is 5.87. The Bertz CT molecular complexity index is 546. The molecular formula is C17H22F3NO3. The van der Waals surface area contributed by atoms with Crippen molar-refractivity contribution in [3.8, 4) is 0 Å². The van der Waals surface area contributed by atoms with Crippen LogP contribution in [0.3, 0.4) is 0 Å². The quantitative estimate of drug-likeness (QED) is 0.769. The molecule has 7 heteroatoms. The number of carbonyl (C=O) groups is 1. The Morgan fingerprint density at radius 1 is 1.33 bits per heavy atom. The SMILES string of the molecule is CC1(C)COC(c2ccccc2)CN1C(=O)CCOCC(F)(F)F. The van der Waals surface area contributed by atoms with Crippen LogP contribution in [0.4, 0.5) is 13.2 Å². The maximum Gasteiger partial charge on any atom is 0.411 e. The monoisotopic (exact) mass is 345 g/mol. The van der Waals surface area contributed by atoms with Gasteiger partial charge in [0, 0.05) is 0 Å². The summed E-state index contributed by atoms with van der Waals surface area (Å²) in [5.74, 6) is -0.230. The summed E-state index contributed by atoms with van der Waals surface area (Å²) in [7, 11) is 0. The first-order valence-electron chi connectivity index (χ1n) is 7.80. The van der Waals surface area contributed by atoms with E-state index in [-0.39, 0.29) is 25.0 Å². The Morgan fingerprint density at radius 2 is 2.00 bits per heavy atom. The molecule has 1 amide bonds. The summed E-state index contributed by atoms with van der Waals surface area (Å²) in [4.78, 5) is 14.1. The number of carbonyl (C=O) groups excluding carboxylic acids is 1. The highest BCUT2D eigenvalue weighted by Crippen LogP contribution is 2.30. The van der Waals surface area contributed by atoms with Crippen LogP contribution in [0.5, 0.6) is 0 Å². The third-order valence-electron chi connectivity index (χ3n) is 3.92. The number of rotatable bonds is 5. The van der Waals surface area contributed by atoms with Crippen molar-refractivity contribution in [2.45, 2.75) is 38.1 Å². The van der Waals surface area contributed by atoms with Gasteiger partial charge < -0.3 is 14.4 Å². The third-order valence-corrected chi connectivity index (χ3v) is 3.92. The fourth-order valence-electron chi connectivity index (χ4n) is 2.64. The first kappa shape index (κ1) is 18.7. The molecule has 1 heterocycles. The Labute approximate surface area is 139 Å². The molecule has 1 unspecified atom stereocenters. The number of morpholine rings is 1. The summed E-state index contributed by atoms with van der Waals surface area (Å²) in [5.41, 5.74) is 0.464. The normalized spacial score (nSPS) is 20.9. The number of amides is 1. The molecule has 0 N–H and O–H groups in total. The van der Waals surface area contributed by atoms with Crippen LogP contribution in [0.2, 0.25) is 0 Å². The molecule has 134 valence electrons. The van der Waals surface area contributed by atoms with E-state index in [0.29, 0.717) is 13.2 Å². The Hall–Kier alpha value is -1.60. The standard InChI is InChI=1S/C17H22F3NO3/c1-16(2)11-24-14(13-6-4-3-5-7-13)10-21(16)15(22)8-9-23-12-17(18,19)20/h3-7,14H,8-12H2,1-2H3. The molecule has 1 atom stereocenters. The van der Waals surface area contributed by atoms with Gasteiger partial charge in [-0.1, -0.05) is 30.3 Å². The van der Waals surface area contributed by atoms with Crippen molar-refractivity contribution in [3.63, 3.8) is 0 Å². The van der Waals surface area contributed by atoms with Crippen LogP contribution in [0.15, 0.2) is 30.3 Å². The van der Waals surface area contributed by atoms with Crippen molar-refractivity contribution < 1.29 is 27.4 Å². The highest BCUT2D eigenvalue weighted by Gasteiger charge is 2.38. The van der Waals surface area contributed by atoms with Gasteiger partial charge in [0.15, 0.2) is 0 Å². The van der Waals surface area contributed by atoms with Gasteiger partial charge in [-0.2, -0.15) is 13.2 Å². The summed E-state index contributed by atoms with van der Waals surface area (Å²) in [6.07, 6.45) is -4.69. The van der Waals surface area contributed by atoms with Crippen molar-refractivity contribution in [2.75, 3.05) is 26.4 Å². The molecule has 0 bridgehead atoms. The van der Waals surface area contributed by atoms with Crippen molar-refractivity contribution in [1.82, 2.24) is 4.90 Å². The highest BCUT2D eigenvalue weighted by molar-refractivity contribution is 5.77. The van der Waals surface area contributed by atoms with Gasteiger partial charge in [-0.15, -0.1) is 0 Å². The average molecular weight is 345 g/mol. The molecule has 1 fully saturated rings. The molecule has 4 nitrogen and oxygen atoms in total. The zero-order chi connectivity index (χ0) is 17.8. The molecule has 0 saturated carbocycles. The van der Waals surface area contributed by atoms with Gasteiger partial charge in [-0.05, 0) is 19.4 Å². The van der Waals surface area contributed by atoms with Gasteiger partial charge in [0.2, 0.25) is 5.91 Å². The van der Waals surface area contributed by atoms with E-state index in [1.54, 1.807) is 4.90 Å². The van der Waals surface area contributed by atoms with Gasteiger partial charge in [0.25, 0.3) is 0 Å². The number of hydrogen-bond acceptors (Lipinski definition) is 3. The number of nitrogens with zero attached hydrogens (tertiary/aromatic N) is 1. The minimum Gasteiger partial charge on any atom is -0.372 e. The number of alkyl halides is 3. The summed E-state index contributed by atoms with van der Waals surface area (Å²) in [5, 5.41) is 0. The summed E-state index contributed by atoms with van der Waals surface area (Å²) < 4.78 is 46.6. The maximum absolute atomic E-state index is 12.4. The largest absolute Gasteiger partial charge is 0.411 e. The molecule has 1 aliphatic rings. The number of hydrogen-bond donors (Lipinski definition) is 0. The molecule has 0 spiro atoms. The predicted octanol–water partition coefficient (Wildman–Crippen LogP) is 3.33. The zero-order valence-electron chi connectivity index (χ0n) is 13.8. The van der Waals surface area contributed by atoms with Crippen LogP contribution in [0.1, 0.15) is 31.9 Å². The summed E-state index contributed by atoms with van der Waals surface area (Å²) in [6, 6.07) is 9.55. The lowest BCUT2D eigenvalue weighted by molar-refractivity contribution is -0.177. The highest BCUT2D eigenvalue weighted by atomic mass is 19.4. The van der Waals surface area contributed by atoms with Crippen LogP contribution in [-0.2, 0) is 14.3 Å². The lowest BCUT2D eigenvalue weighted by atomic mass is 9.97. The molecular weight excluding hydrogens is 323 g/mol. The first-order valence-corrected chi connectivity index (χ1v) is 7.80. The van der Waals surface area contributed by atoms with Gasteiger partial charge in [-0.25, -0.2) is 0 Å². The summed E-state index contributed by atoms with van der Waals surface area (Å²) in [6.45, 7) is 2.91. The summed E-state index contributed by atoms with van der Waals surface area (Å²) >= 11 is 0. The van der Waals surface area contributed by atoms with Crippen LogP contribution in [-0.4, -0.2) is 48.9 Å². The molecule has 1 aliphatic heterocycles. The van der Waals surface area contributed by atoms with E-state index in [4.69, 9.17) is 4.74 Å². The van der Waals surface area contributed by atoms with Crippen molar-refractivity contribution in [3.05, 3.63) is 35.9 Å². The van der Waals surface area contributed by atoms with E-state index in [1.807, 2.05) is 44.2 Å². The van der Waals surface area contributed by atoms with Gasteiger partial charge >= 0.3 is 6.18 Å². The number of benzene rings is 1. The topological polar surface area (TPSA) is 38.8 Å². The number of halogens is 3. The molecule has 1 saturated heterocycles. The van der Waals surface area contributed by atoms with Crippen LogP contribution >= 0.6 is 0 Å². The van der Waals surface area contributed by atoms with Gasteiger partial charge in [0.1, 0.15) is 12.7 Å². The third kappa shape index (κ3) is 5.21. The van der Waals surface area contributed by atoms with E-state index in [1.165, 1.54) is 0 Å². The van der Waals surface area contributed by atoms with Crippen LogP contribution in [0.25, 0.3) is 0 Å². The van der Waals surface area contributed by atoms with Crippen LogP contribution in [0, 0.1) is 0 Å². The van der Waals surface area contributed by atoms with Crippen molar-refractivity contribution >= 4 is 5.91 Å². The molecule has 1 aromatic carbocycles. The van der Waals surface area contributed by atoms with E-state index in [2.05, 4.69) is 4.74 Å². The second-order valence-electron chi connectivity index (χ2n) is 6.44. The maximum atomic E-state index is 12.4. The molecule has 0 aliphatic carbocycles. The smallest absolute Gasteiger partial charge is 0.372 e. The van der Waals surface area contributed by atoms with Gasteiger partial charge in [0.05, 0.1) is 31.7 Å². The van der Waals surface area contributed by atoms with Crippen molar-refractivity contribution in [1.29, 1.82) is 0 Å². The lowest BCUT2D eigenvalue weighted by Crippen LogP contribution is -2.56. The molecule has 2 rings (SSSR count). The average Bonchev–Trinajstić information content (AvgIpc) is 2.51. The Balaban J connectivity index is 1.94. The van der Waals surface area contributed by atoms with E-state index in [9.17, 15) is 18.0 Å². The predicted molar refractivity (Wildman–Crippen MR) is 82.4 cm³/mol. The van der Waals surface area contributed by atoms with Gasteiger partial charge in [-0.3, -0.25) is 4.79 Å². The van der Waals surface area contributed by atoms with E-state index in [0.717, 1.165) is 5.56 Å². The Morgan fingerprint density at radius 3 is 2.62 bits per heavy atom. The van der Waals surface area contributed by atoms with Crippen LogP contribution < -0.4 is 0 Å². The first-order chi connectivity index (χ1) is 11.2. The van der Waals surface area contributed by atoms with Crippen molar-refractivity contribution in [2.24, 2.45) is 0 Å². The second-order valence-corrected chi connectivity index (χ2v) is 6.44. The molecule has 24 heavy (non-hydrogen) atoms. The minimum atomic E-state index is -4.38. The fraction of sp³-hybridized carbons (Fsp3) is 0.588. The number of ether oxygens (including phenoxy) is 2. The second kappa shape index (κ2) is 7.53. The lowest BCUT2D eigenvalue weighted by Gasteiger charge is -2.45. The fourth-order valence-corrected chi connectivity index (χ4v) is 2.64.